The Morgan fingerprint density at radius 3 is 2.32 bits per heavy atom. The van der Waals surface area contributed by atoms with E-state index in [0.717, 1.165) is 27.6 Å². The summed E-state index contributed by atoms with van der Waals surface area (Å²) in [5.74, 6) is -0.456. The minimum absolute atomic E-state index is 0.00498. The van der Waals surface area contributed by atoms with E-state index in [2.05, 4.69) is 0 Å². The van der Waals surface area contributed by atoms with Crippen molar-refractivity contribution >= 4 is 21.0 Å². The van der Waals surface area contributed by atoms with Crippen LogP contribution in [0.4, 0.5) is 4.39 Å². The molecule has 0 amide bonds. The Labute approximate surface area is 215 Å². The van der Waals surface area contributed by atoms with Crippen molar-refractivity contribution in [2.24, 2.45) is 0 Å². The molecule has 1 aromatic heterocycles. The first kappa shape index (κ1) is 24.9. The molecule has 5 rings (SSSR count). The van der Waals surface area contributed by atoms with E-state index >= 15 is 0 Å². The molecular formula is C30H26FNO4S. The van der Waals surface area contributed by atoms with E-state index in [9.17, 15) is 17.9 Å². The molecule has 1 N–H and O–H groups in total. The molecule has 5 aromatic rings. The van der Waals surface area contributed by atoms with Crippen LogP contribution < -0.4 is 0 Å². The zero-order valence-corrected chi connectivity index (χ0v) is 21.0. The topological polar surface area (TPSA) is 68.5 Å². The number of aliphatic hydroxyl groups excluding tert-OH is 1. The predicted octanol–water partition coefficient (Wildman–Crippen LogP) is 6.11. The van der Waals surface area contributed by atoms with Crippen LogP contribution in [0, 0.1) is 12.7 Å². The summed E-state index contributed by atoms with van der Waals surface area (Å²) >= 11 is 0. The van der Waals surface area contributed by atoms with E-state index in [1.165, 1.54) is 24.3 Å². The molecular weight excluding hydrogens is 489 g/mol. The molecule has 1 heterocycles. The van der Waals surface area contributed by atoms with Crippen molar-refractivity contribution < 1.29 is 22.1 Å². The second kappa shape index (κ2) is 10.3. The lowest BCUT2D eigenvalue weighted by Crippen LogP contribution is -2.30. The largest absolute Gasteiger partial charge is 0.388 e. The molecule has 0 bridgehead atoms. The lowest BCUT2D eigenvalue weighted by Gasteiger charge is -2.26. The summed E-state index contributed by atoms with van der Waals surface area (Å²) in [4.78, 5) is 0.00498. The quantitative estimate of drug-likeness (QED) is 0.253. The highest BCUT2D eigenvalue weighted by atomic mass is 32.2. The molecule has 0 saturated heterocycles. The van der Waals surface area contributed by atoms with E-state index in [1.807, 2.05) is 72.3 Å². The molecule has 37 heavy (non-hydrogen) atoms. The van der Waals surface area contributed by atoms with E-state index < -0.39 is 34.7 Å². The second-order valence-electron chi connectivity index (χ2n) is 8.95. The van der Waals surface area contributed by atoms with Gasteiger partial charge in [-0.1, -0.05) is 78.4 Å². The van der Waals surface area contributed by atoms with Crippen molar-refractivity contribution in [3.8, 4) is 11.1 Å². The Hall–Kier alpha value is -3.78. The van der Waals surface area contributed by atoms with E-state index in [0.29, 0.717) is 5.56 Å². The monoisotopic (exact) mass is 515 g/mol. The molecule has 0 aliphatic heterocycles. The maximum absolute atomic E-state index is 14.3. The van der Waals surface area contributed by atoms with Crippen LogP contribution >= 0.6 is 0 Å². The van der Waals surface area contributed by atoms with Crippen molar-refractivity contribution in [2.75, 3.05) is 6.61 Å². The molecule has 7 heteroatoms. The minimum Gasteiger partial charge on any atom is -0.388 e. The fourth-order valence-electron chi connectivity index (χ4n) is 4.56. The van der Waals surface area contributed by atoms with Crippen molar-refractivity contribution in [2.45, 2.75) is 24.0 Å². The average Bonchev–Trinajstić information content (AvgIpc) is 3.28. The molecule has 5 nitrogen and oxygen atoms in total. The van der Waals surface area contributed by atoms with E-state index in [-0.39, 0.29) is 4.90 Å². The number of hydrogen-bond donors (Lipinski definition) is 1. The number of benzene rings is 4. The Kier molecular flexibility index (Phi) is 6.93. The van der Waals surface area contributed by atoms with Gasteiger partial charge in [-0.25, -0.2) is 4.39 Å². The molecule has 0 saturated carbocycles. The van der Waals surface area contributed by atoms with Crippen LogP contribution in [0.5, 0.6) is 0 Å². The predicted molar refractivity (Wildman–Crippen MR) is 142 cm³/mol. The van der Waals surface area contributed by atoms with Crippen molar-refractivity contribution in [3.63, 3.8) is 0 Å². The average molecular weight is 516 g/mol. The number of halogens is 1. The van der Waals surface area contributed by atoms with Crippen LogP contribution in [-0.2, 0) is 14.3 Å². The Morgan fingerprint density at radius 1 is 0.892 bits per heavy atom. The number of hydrogen-bond acceptors (Lipinski definition) is 4. The lowest BCUT2D eigenvalue weighted by atomic mass is 10.0. The Balaban J connectivity index is 1.56. The highest BCUT2D eigenvalue weighted by Gasteiger charge is 2.28. The van der Waals surface area contributed by atoms with Gasteiger partial charge in [0.25, 0.3) is 10.1 Å². The summed E-state index contributed by atoms with van der Waals surface area (Å²) in [5.41, 5.74) is 4.15. The fourth-order valence-corrected chi connectivity index (χ4v) is 5.49. The first-order chi connectivity index (χ1) is 17.8. The van der Waals surface area contributed by atoms with E-state index in [4.69, 9.17) is 4.18 Å². The number of aromatic nitrogens is 1. The fraction of sp³-hybridized carbons (Fsp3) is 0.133. The van der Waals surface area contributed by atoms with Gasteiger partial charge in [-0.15, -0.1) is 0 Å². The third-order valence-electron chi connectivity index (χ3n) is 6.38. The summed E-state index contributed by atoms with van der Waals surface area (Å²) in [7, 11) is -4.10. The van der Waals surface area contributed by atoms with Crippen molar-refractivity contribution in [1.82, 2.24) is 4.57 Å². The van der Waals surface area contributed by atoms with E-state index in [1.54, 1.807) is 24.3 Å². The van der Waals surface area contributed by atoms with Gasteiger partial charge in [0, 0.05) is 22.7 Å². The van der Waals surface area contributed by atoms with Gasteiger partial charge in [0.05, 0.1) is 17.5 Å². The summed E-state index contributed by atoms with van der Waals surface area (Å²) in [5, 5.41) is 12.3. The van der Waals surface area contributed by atoms with Gasteiger partial charge in [-0.3, -0.25) is 4.18 Å². The highest BCUT2D eigenvalue weighted by molar-refractivity contribution is 7.86. The molecule has 0 spiro atoms. The molecule has 188 valence electrons. The van der Waals surface area contributed by atoms with Gasteiger partial charge >= 0.3 is 0 Å². The highest BCUT2D eigenvalue weighted by Crippen LogP contribution is 2.36. The Bertz CT molecular complexity index is 1630. The number of aliphatic hydroxyl groups is 1. The second-order valence-corrected chi connectivity index (χ2v) is 10.6. The minimum atomic E-state index is -4.10. The number of para-hydroxylation sites is 1. The van der Waals surface area contributed by atoms with Crippen molar-refractivity contribution in [3.05, 3.63) is 126 Å². The summed E-state index contributed by atoms with van der Waals surface area (Å²) < 4.78 is 47.0. The maximum atomic E-state index is 14.3. The first-order valence-electron chi connectivity index (χ1n) is 11.9. The number of aryl methyl sites for hydroxylation is 1. The van der Waals surface area contributed by atoms with Crippen LogP contribution in [0.3, 0.4) is 0 Å². The van der Waals surface area contributed by atoms with Gasteiger partial charge in [0.15, 0.2) is 0 Å². The van der Waals surface area contributed by atoms with Crippen LogP contribution in [-0.4, -0.2) is 30.8 Å². The lowest BCUT2D eigenvalue weighted by molar-refractivity contribution is 0.0784. The molecule has 0 fully saturated rings. The molecule has 0 aliphatic carbocycles. The van der Waals surface area contributed by atoms with Crippen LogP contribution in [0.15, 0.2) is 114 Å². The SMILES string of the molecule is Cc1ccc(S(=O)(=O)OC[C@@H](O)[C@H](c2cccc(F)c2)n2cc(-c3ccccc3)c3ccccc32)cc1. The van der Waals surface area contributed by atoms with Gasteiger partial charge in [-0.05, 0) is 48.4 Å². The van der Waals surface area contributed by atoms with Crippen LogP contribution in [0.1, 0.15) is 17.2 Å². The number of rotatable bonds is 8. The number of nitrogens with zero attached hydrogens (tertiary/aromatic N) is 1. The van der Waals surface area contributed by atoms with Gasteiger partial charge in [0.2, 0.25) is 0 Å². The normalized spacial score (nSPS) is 13.5. The molecule has 2 atom stereocenters. The van der Waals surface area contributed by atoms with Crippen LogP contribution in [0.25, 0.3) is 22.0 Å². The molecule has 0 unspecified atom stereocenters. The zero-order chi connectivity index (χ0) is 26.0. The van der Waals surface area contributed by atoms with Crippen LogP contribution in [0.2, 0.25) is 0 Å². The van der Waals surface area contributed by atoms with Gasteiger partial charge in [-0.2, -0.15) is 8.42 Å². The van der Waals surface area contributed by atoms with Crippen molar-refractivity contribution in [1.29, 1.82) is 0 Å². The zero-order valence-electron chi connectivity index (χ0n) is 20.2. The summed E-state index contributed by atoms with van der Waals surface area (Å²) in [6.07, 6.45) is 0.606. The Morgan fingerprint density at radius 2 is 1.59 bits per heavy atom. The van der Waals surface area contributed by atoms with Gasteiger partial charge < -0.3 is 9.67 Å². The van der Waals surface area contributed by atoms with Gasteiger partial charge in [0.1, 0.15) is 11.9 Å². The molecule has 0 aliphatic rings. The summed E-state index contributed by atoms with van der Waals surface area (Å²) in [6.45, 7) is 1.35. The number of fused-ring (bicyclic) bond motifs is 1. The smallest absolute Gasteiger partial charge is 0.297 e. The standard InChI is InChI=1S/C30H26FNO4S/c1-21-14-16-25(17-15-21)37(34,35)36-20-29(33)30(23-10-7-11-24(31)18-23)32-19-27(22-8-3-2-4-9-22)26-12-5-6-13-28(26)32/h2-19,29-30,33H,20H2,1H3/t29-,30+/m1/s1. The molecule has 0 radical (unpaired) electrons. The third kappa shape index (κ3) is 5.20. The summed E-state index contributed by atoms with van der Waals surface area (Å²) in [6, 6.07) is 29.0. The third-order valence-corrected chi connectivity index (χ3v) is 7.68. The first-order valence-corrected chi connectivity index (χ1v) is 13.3. The molecule has 4 aromatic carbocycles. The maximum Gasteiger partial charge on any atom is 0.297 e.